The Balaban J connectivity index is 1.92. The van der Waals surface area contributed by atoms with E-state index in [9.17, 15) is 19.5 Å². The molecule has 1 aromatic rings. The number of rotatable bonds is 8. The van der Waals surface area contributed by atoms with Crippen molar-refractivity contribution >= 4 is 17.6 Å². The number of Topliss-reactive ketones (excluding diaryl/α,β-unsaturated/α-hetero) is 1. The quantitative estimate of drug-likeness (QED) is 0.603. The van der Waals surface area contributed by atoms with Crippen molar-refractivity contribution in [3.8, 4) is 0 Å². The first-order chi connectivity index (χ1) is 12.3. The summed E-state index contributed by atoms with van der Waals surface area (Å²) in [6.45, 7) is 2.71. The van der Waals surface area contributed by atoms with Crippen LogP contribution in [0, 0.1) is 0 Å². The highest BCUT2D eigenvalue weighted by molar-refractivity contribution is 5.94. The van der Waals surface area contributed by atoms with Crippen molar-refractivity contribution in [2.45, 2.75) is 57.3 Å². The summed E-state index contributed by atoms with van der Waals surface area (Å²) >= 11 is 0. The molecule has 0 radical (unpaired) electrons. The molecule has 7 nitrogen and oxygen atoms in total. The second kappa shape index (κ2) is 8.91. The summed E-state index contributed by atoms with van der Waals surface area (Å²) in [6.07, 6.45) is 1.54. The van der Waals surface area contributed by atoms with Crippen LogP contribution in [0.1, 0.15) is 32.3 Å². The van der Waals surface area contributed by atoms with Crippen LogP contribution in [-0.2, 0) is 20.8 Å². The molecule has 1 aliphatic rings. The largest absolute Gasteiger partial charge is 0.394 e. The Morgan fingerprint density at radius 1 is 1.35 bits per heavy atom. The van der Waals surface area contributed by atoms with Crippen molar-refractivity contribution in [3.63, 3.8) is 0 Å². The van der Waals surface area contributed by atoms with Crippen LogP contribution in [0.5, 0.6) is 0 Å². The van der Waals surface area contributed by atoms with Crippen molar-refractivity contribution in [1.29, 1.82) is 0 Å². The highest BCUT2D eigenvalue weighted by atomic mass is 16.3. The van der Waals surface area contributed by atoms with Gasteiger partial charge in [-0.3, -0.25) is 14.4 Å². The summed E-state index contributed by atoms with van der Waals surface area (Å²) in [7, 11) is 0. The van der Waals surface area contributed by atoms with Gasteiger partial charge in [0.25, 0.3) is 0 Å². The van der Waals surface area contributed by atoms with Crippen LogP contribution in [0.2, 0.25) is 0 Å². The van der Waals surface area contributed by atoms with E-state index in [1.807, 2.05) is 30.3 Å². The van der Waals surface area contributed by atoms with Gasteiger partial charge in [-0.15, -0.1) is 0 Å². The van der Waals surface area contributed by atoms with Crippen molar-refractivity contribution < 1.29 is 19.5 Å². The first-order valence-electron chi connectivity index (χ1n) is 8.88. The maximum atomic E-state index is 12.6. The second-order valence-corrected chi connectivity index (χ2v) is 6.83. The number of benzene rings is 1. The number of nitrogens with zero attached hydrogens (tertiary/aromatic N) is 1. The van der Waals surface area contributed by atoms with Crippen LogP contribution in [0.3, 0.4) is 0 Å². The van der Waals surface area contributed by atoms with E-state index < -0.39 is 24.7 Å². The Labute approximate surface area is 153 Å². The molecule has 1 saturated heterocycles. The van der Waals surface area contributed by atoms with E-state index in [0.717, 1.165) is 5.56 Å². The van der Waals surface area contributed by atoms with Gasteiger partial charge in [-0.05, 0) is 38.7 Å². The van der Waals surface area contributed by atoms with Crippen LogP contribution in [0.4, 0.5) is 0 Å². The van der Waals surface area contributed by atoms with Gasteiger partial charge in [0.15, 0.2) is 5.78 Å². The zero-order valence-corrected chi connectivity index (χ0v) is 15.2. The Hall–Kier alpha value is -2.25. The molecule has 0 bridgehead atoms. The minimum absolute atomic E-state index is 0.241. The normalized spacial score (nSPS) is 22.2. The lowest BCUT2D eigenvalue weighted by atomic mass is 10.0. The molecule has 1 aliphatic heterocycles. The molecular formula is C19H27N3O4. The lowest BCUT2D eigenvalue weighted by Gasteiger charge is -2.28. The molecule has 1 heterocycles. The number of aryl methyl sites for hydroxylation is 1. The average Bonchev–Trinajstić information content (AvgIpc) is 2.88. The first-order valence-corrected chi connectivity index (χ1v) is 8.88. The molecular weight excluding hydrogens is 334 g/mol. The number of ketones is 1. The number of likely N-dealkylation sites (tertiary alicyclic amines) is 1. The molecule has 1 unspecified atom stereocenters. The molecule has 1 fully saturated rings. The summed E-state index contributed by atoms with van der Waals surface area (Å²) in [4.78, 5) is 37.9. The Morgan fingerprint density at radius 3 is 2.58 bits per heavy atom. The number of aliphatic hydroxyl groups is 1. The molecule has 26 heavy (non-hydrogen) atoms. The van der Waals surface area contributed by atoms with Crippen LogP contribution in [0.15, 0.2) is 30.3 Å². The molecule has 4 atom stereocenters. The minimum atomic E-state index is -0.869. The van der Waals surface area contributed by atoms with Crippen molar-refractivity contribution in [1.82, 2.24) is 10.2 Å². The van der Waals surface area contributed by atoms with Gasteiger partial charge in [-0.2, -0.15) is 0 Å². The molecule has 4 N–H and O–H groups in total. The summed E-state index contributed by atoms with van der Waals surface area (Å²) < 4.78 is 0. The van der Waals surface area contributed by atoms with E-state index in [1.54, 1.807) is 6.92 Å². The number of nitrogens with one attached hydrogen (secondary N) is 1. The van der Waals surface area contributed by atoms with Crippen LogP contribution in [-0.4, -0.2) is 58.4 Å². The highest BCUT2D eigenvalue weighted by Crippen LogP contribution is 2.22. The zero-order valence-electron chi connectivity index (χ0n) is 15.2. The first kappa shape index (κ1) is 20.1. The number of amides is 2. The molecule has 0 spiro atoms. The molecule has 7 heteroatoms. The van der Waals surface area contributed by atoms with Gasteiger partial charge in [0.1, 0.15) is 12.1 Å². The lowest BCUT2D eigenvalue weighted by Crippen LogP contribution is -2.52. The van der Waals surface area contributed by atoms with Gasteiger partial charge in [0, 0.05) is 6.04 Å². The minimum Gasteiger partial charge on any atom is -0.394 e. The van der Waals surface area contributed by atoms with Gasteiger partial charge in [-0.1, -0.05) is 30.3 Å². The molecule has 0 saturated carbocycles. The smallest absolute Gasteiger partial charge is 0.246 e. The lowest BCUT2D eigenvalue weighted by molar-refractivity contribution is -0.140. The third-order valence-electron chi connectivity index (χ3n) is 4.82. The second-order valence-electron chi connectivity index (χ2n) is 6.83. The van der Waals surface area contributed by atoms with Crippen molar-refractivity contribution in [3.05, 3.63) is 35.9 Å². The van der Waals surface area contributed by atoms with E-state index in [2.05, 4.69) is 5.32 Å². The van der Waals surface area contributed by atoms with Gasteiger partial charge >= 0.3 is 0 Å². The number of carbonyl (C=O) groups excluding carboxylic acids is 3. The zero-order chi connectivity index (χ0) is 19.3. The van der Waals surface area contributed by atoms with E-state index in [-0.39, 0.29) is 23.6 Å². The molecule has 142 valence electrons. The summed E-state index contributed by atoms with van der Waals surface area (Å²) in [5.41, 5.74) is 7.06. The molecule has 0 aliphatic carbocycles. The number of aliphatic hydroxyl groups excluding tert-OH is 1. The van der Waals surface area contributed by atoms with E-state index in [1.165, 1.54) is 11.8 Å². The topological polar surface area (TPSA) is 113 Å². The third-order valence-corrected chi connectivity index (χ3v) is 4.82. The molecule has 0 aromatic heterocycles. The number of hydrogen-bond donors (Lipinski definition) is 3. The van der Waals surface area contributed by atoms with Crippen LogP contribution < -0.4 is 11.1 Å². The number of hydrogen-bond acceptors (Lipinski definition) is 5. The monoisotopic (exact) mass is 361 g/mol. The van der Waals surface area contributed by atoms with Crippen LogP contribution in [0.25, 0.3) is 0 Å². The molecule has 2 amide bonds. The maximum Gasteiger partial charge on any atom is 0.246 e. The number of carbonyl (C=O) groups is 3. The molecule has 2 rings (SSSR count). The van der Waals surface area contributed by atoms with Gasteiger partial charge in [0.2, 0.25) is 11.8 Å². The van der Waals surface area contributed by atoms with Gasteiger partial charge < -0.3 is 21.1 Å². The average molecular weight is 361 g/mol. The van der Waals surface area contributed by atoms with Gasteiger partial charge in [-0.25, -0.2) is 0 Å². The standard InChI is InChI=1S/C19H27N3O4/c1-12-10-16(19(26)22(12)17(11-23)13(2)24)21-18(25)15(20)9-8-14-6-4-3-5-7-14/h3-7,12,15-17,23H,8-11,20H2,1-2H3,(H,21,25)/t12?,15-,16-,17-/m0/s1. The summed E-state index contributed by atoms with van der Waals surface area (Å²) in [5, 5.41) is 12.1. The van der Waals surface area contributed by atoms with Crippen LogP contribution >= 0.6 is 0 Å². The van der Waals surface area contributed by atoms with Gasteiger partial charge in [0.05, 0.1) is 12.6 Å². The predicted octanol–water partition coefficient (Wildman–Crippen LogP) is 0.00200. The summed E-state index contributed by atoms with van der Waals surface area (Å²) in [6, 6.07) is 7.20. The third kappa shape index (κ3) is 4.68. The fourth-order valence-electron chi connectivity index (χ4n) is 3.32. The molecule has 1 aromatic carbocycles. The highest BCUT2D eigenvalue weighted by Gasteiger charge is 2.43. The maximum absolute atomic E-state index is 12.6. The van der Waals surface area contributed by atoms with Crippen molar-refractivity contribution in [2.24, 2.45) is 5.73 Å². The fourth-order valence-corrected chi connectivity index (χ4v) is 3.32. The van der Waals surface area contributed by atoms with E-state index in [0.29, 0.717) is 19.3 Å². The van der Waals surface area contributed by atoms with E-state index in [4.69, 9.17) is 5.73 Å². The Bertz CT molecular complexity index is 649. The number of nitrogens with two attached hydrogens (primary N) is 1. The fraction of sp³-hybridized carbons (Fsp3) is 0.526. The summed E-state index contributed by atoms with van der Waals surface area (Å²) in [5.74, 6) is -1.01. The SMILES string of the molecule is CC(=O)[C@H](CO)N1C(=O)[C@@H](NC(=O)[C@@H](N)CCc2ccccc2)CC1C. The van der Waals surface area contributed by atoms with Crippen molar-refractivity contribution in [2.75, 3.05) is 6.61 Å². The Kier molecular flexibility index (Phi) is 6.88. The Morgan fingerprint density at radius 2 is 2.00 bits per heavy atom. The van der Waals surface area contributed by atoms with E-state index >= 15 is 0 Å². The predicted molar refractivity (Wildman–Crippen MR) is 97.1 cm³/mol.